The third kappa shape index (κ3) is 2.91. The molecule has 0 N–H and O–H groups in total. The summed E-state index contributed by atoms with van der Waals surface area (Å²) in [5.74, 6) is 0.138. The van der Waals surface area contributed by atoms with Crippen LogP contribution in [0.3, 0.4) is 0 Å². The standard InChI is InChI=1S/C16H15Br2NO/c17-14-6-5-11-8-13(4-3-12(11)9-14)16(20)19-7-1-2-15(18)10-19/h3-6,8-9,15H,1-2,7,10H2. The molecule has 1 heterocycles. The number of alkyl halides is 1. The van der Waals surface area contributed by atoms with Crippen molar-refractivity contribution in [1.29, 1.82) is 0 Å². The van der Waals surface area contributed by atoms with Gasteiger partial charge in [0.15, 0.2) is 0 Å². The summed E-state index contributed by atoms with van der Waals surface area (Å²) < 4.78 is 1.06. The molecule has 1 amide bonds. The highest BCUT2D eigenvalue weighted by Crippen LogP contribution is 2.23. The van der Waals surface area contributed by atoms with Gasteiger partial charge >= 0.3 is 0 Å². The second-order valence-corrected chi connectivity index (χ2v) is 7.41. The quantitative estimate of drug-likeness (QED) is 0.645. The van der Waals surface area contributed by atoms with Crippen molar-refractivity contribution in [3.63, 3.8) is 0 Å². The Morgan fingerprint density at radius 3 is 2.70 bits per heavy atom. The van der Waals surface area contributed by atoms with E-state index >= 15 is 0 Å². The van der Waals surface area contributed by atoms with Crippen LogP contribution in [0.4, 0.5) is 0 Å². The van der Waals surface area contributed by atoms with Gasteiger partial charge in [0.2, 0.25) is 0 Å². The van der Waals surface area contributed by atoms with Gasteiger partial charge < -0.3 is 4.90 Å². The van der Waals surface area contributed by atoms with E-state index in [1.54, 1.807) is 0 Å². The van der Waals surface area contributed by atoms with Crippen molar-refractivity contribution in [2.75, 3.05) is 13.1 Å². The topological polar surface area (TPSA) is 20.3 Å². The number of likely N-dealkylation sites (tertiary alicyclic amines) is 1. The van der Waals surface area contributed by atoms with Crippen molar-refractivity contribution in [3.8, 4) is 0 Å². The van der Waals surface area contributed by atoms with Crippen molar-refractivity contribution in [2.24, 2.45) is 0 Å². The number of hydrogen-bond donors (Lipinski definition) is 0. The minimum atomic E-state index is 0.138. The molecule has 0 saturated carbocycles. The molecule has 2 aromatic carbocycles. The van der Waals surface area contributed by atoms with Crippen LogP contribution < -0.4 is 0 Å². The molecular weight excluding hydrogens is 382 g/mol. The monoisotopic (exact) mass is 395 g/mol. The number of carbonyl (C=O) groups excluding carboxylic acids is 1. The summed E-state index contributed by atoms with van der Waals surface area (Å²) in [4.78, 5) is 14.9. The molecule has 1 atom stereocenters. The number of amides is 1. The number of hydrogen-bond acceptors (Lipinski definition) is 1. The number of nitrogens with zero attached hydrogens (tertiary/aromatic N) is 1. The minimum Gasteiger partial charge on any atom is -0.338 e. The number of piperidine rings is 1. The zero-order valence-corrected chi connectivity index (χ0v) is 14.2. The van der Waals surface area contributed by atoms with Crippen LogP contribution in [0.15, 0.2) is 40.9 Å². The molecule has 2 nitrogen and oxygen atoms in total. The molecule has 1 saturated heterocycles. The van der Waals surface area contributed by atoms with Gasteiger partial charge in [0.1, 0.15) is 0 Å². The van der Waals surface area contributed by atoms with Gasteiger partial charge in [-0.1, -0.05) is 44.0 Å². The Kier molecular flexibility index (Phi) is 4.13. The molecule has 0 aromatic heterocycles. The fourth-order valence-corrected chi connectivity index (χ4v) is 3.69. The molecule has 20 heavy (non-hydrogen) atoms. The highest BCUT2D eigenvalue weighted by molar-refractivity contribution is 9.10. The van der Waals surface area contributed by atoms with E-state index in [2.05, 4.69) is 37.9 Å². The first-order valence-electron chi connectivity index (χ1n) is 6.76. The number of rotatable bonds is 1. The molecule has 4 heteroatoms. The lowest BCUT2D eigenvalue weighted by molar-refractivity contribution is 0.0730. The first kappa shape index (κ1) is 14.1. The predicted octanol–water partition coefficient (Wildman–Crippen LogP) is 4.60. The highest BCUT2D eigenvalue weighted by Gasteiger charge is 2.22. The largest absolute Gasteiger partial charge is 0.338 e. The van der Waals surface area contributed by atoms with Crippen LogP contribution in [-0.2, 0) is 0 Å². The van der Waals surface area contributed by atoms with Crippen LogP contribution in [0.25, 0.3) is 10.8 Å². The molecule has 1 unspecified atom stereocenters. The van der Waals surface area contributed by atoms with Gasteiger partial charge in [-0.2, -0.15) is 0 Å². The zero-order chi connectivity index (χ0) is 14.1. The number of benzene rings is 2. The van der Waals surface area contributed by atoms with Crippen molar-refractivity contribution in [3.05, 3.63) is 46.4 Å². The maximum atomic E-state index is 12.6. The Morgan fingerprint density at radius 1 is 1.15 bits per heavy atom. The summed E-state index contributed by atoms with van der Waals surface area (Å²) >= 11 is 7.09. The van der Waals surface area contributed by atoms with Gasteiger partial charge in [-0.15, -0.1) is 0 Å². The second-order valence-electron chi connectivity index (χ2n) is 5.20. The first-order chi connectivity index (χ1) is 9.63. The van der Waals surface area contributed by atoms with Crippen molar-refractivity contribution in [2.45, 2.75) is 17.7 Å². The molecule has 1 fully saturated rings. The van der Waals surface area contributed by atoms with Gasteiger partial charge in [0.05, 0.1) is 0 Å². The van der Waals surface area contributed by atoms with E-state index in [9.17, 15) is 4.79 Å². The third-order valence-electron chi connectivity index (χ3n) is 3.70. The molecule has 1 aliphatic heterocycles. The van der Waals surface area contributed by atoms with Gasteiger partial charge in [-0.25, -0.2) is 0 Å². The average Bonchev–Trinajstić information content (AvgIpc) is 2.46. The summed E-state index contributed by atoms with van der Waals surface area (Å²) in [6.45, 7) is 1.66. The summed E-state index contributed by atoms with van der Waals surface area (Å²) in [6, 6.07) is 12.0. The summed E-state index contributed by atoms with van der Waals surface area (Å²) in [6.07, 6.45) is 2.22. The predicted molar refractivity (Wildman–Crippen MR) is 89.5 cm³/mol. The lowest BCUT2D eigenvalue weighted by Crippen LogP contribution is -2.40. The van der Waals surface area contributed by atoms with Gasteiger partial charge in [0.25, 0.3) is 5.91 Å². The number of fused-ring (bicyclic) bond motifs is 1. The van der Waals surface area contributed by atoms with E-state index in [1.807, 2.05) is 35.2 Å². The molecule has 3 rings (SSSR count). The average molecular weight is 397 g/mol. The van der Waals surface area contributed by atoms with Crippen molar-refractivity contribution < 1.29 is 4.79 Å². The molecule has 1 aliphatic rings. The van der Waals surface area contributed by atoms with E-state index in [1.165, 1.54) is 0 Å². The normalized spacial score (nSPS) is 19.3. The number of halogens is 2. The highest BCUT2D eigenvalue weighted by atomic mass is 79.9. The fraction of sp³-hybridized carbons (Fsp3) is 0.312. The molecule has 0 spiro atoms. The van der Waals surface area contributed by atoms with Crippen LogP contribution in [0.1, 0.15) is 23.2 Å². The van der Waals surface area contributed by atoms with E-state index in [0.29, 0.717) is 4.83 Å². The summed E-state index contributed by atoms with van der Waals surface area (Å²) in [5.41, 5.74) is 0.779. The molecule has 104 valence electrons. The Hall–Kier alpha value is -0.870. The lowest BCUT2D eigenvalue weighted by Gasteiger charge is -2.30. The molecule has 2 aromatic rings. The summed E-state index contributed by atoms with van der Waals surface area (Å²) in [7, 11) is 0. The van der Waals surface area contributed by atoms with Crippen LogP contribution in [-0.4, -0.2) is 28.7 Å². The van der Waals surface area contributed by atoms with Crippen molar-refractivity contribution in [1.82, 2.24) is 4.90 Å². The smallest absolute Gasteiger partial charge is 0.253 e. The van der Waals surface area contributed by atoms with Gasteiger partial charge in [0, 0.05) is 28.0 Å². The third-order valence-corrected chi connectivity index (χ3v) is 4.94. The maximum Gasteiger partial charge on any atom is 0.253 e. The minimum absolute atomic E-state index is 0.138. The number of carbonyl (C=O) groups is 1. The second kappa shape index (κ2) is 5.86. The zero-order valence-electron chi connectivity index (χ0n) is 11.0. The van der Waals surface area contributed by atoms with Crippen molar-refractivity contribution >= 4 is 48.5 Å². The molecular formula is C16H15Br2NO. The Bertz CT molecular complexity index is 656. The van der Waals surface area contributed by atoms with Crippen LogP contribution in [0.5, 0.6) is 0 Å². The Morgan fingerprint density at radius 2 is 1.90 bits per heavy atom. The molecule has 0 aliphatic carbocycles. The van der Waals surface area contributed by atoms with Crippen LogP contribution in [0.2, 0.25) is 0 Å². The molecule has 0 radical (unpaired) electrons. The molecule has 0 bridgehead atoms. The SMILES string of the molecule is O=C(c1ccc2cc(Br)ccc2c1)N1CCCC(Br)C1. The Balaban J connectivity index is 1.89. The summed E-state index contributed by atoms with van der Waals surface area (Å²) in [5, 5.41) is 2.25. The van der Waals surface area contributed by atoms with E-state index in [0.717, 1.165) is 46.7 Å². The fourth-order valence-electron chi connectivity index (χ4n) is 2.64. The lowest BCUT2D eigenvalue weighted by atomic mass is 10.0. The maximum absolute atomic E-state index is 12.6. The van der Waals surface area contributed by atoms with E-state index in [4.69, 9.17) is 0 Å². The Labute approximate surface area is 135 Å². The first-order valence-corrected chi connectivity index (χ1v) is 8.47. The van der Waals surface area contributed by atoms with Crippen LogP contribution >= 0.6 is 31.9 Å². The van der Waals surface area contributed by atoms with Crippen LogP contribution in [0, 0.1) is 0 Å². The van der Waals surface area contributed by atoms with E-state index in [-0.39, 0.29) is 5.91 Å². The van der Waals surface area contributed by atoms with Gasteiger partial charge in [-0.05, 0) is 47.9 Å². The van der Waals surface area contributed by atoms with E-state index < -0.39 is 0 Å². The van der Waals surface area contributed by atoms with Gasteiger partial charge in [-0.3, -0.25) is 4.79 Å².